The number of rotatable bonds is 6. The van der Waals surface area contributed by atoms with Crippen LogP contribution in [0.2, 0.25) is 0 Å². The maximum absolute atomic E-state index is 10.8. The van der Waals surface area contributed by atoms with Crippen molar-refractivity contribution in [3.63, 3.8) is 0 Å². The van der Waals surface area contributed by atoms with Crippen molar-refractivity contribution in [2.75, 3.05) is 13.6 Å². The van der Waals surface area contributed by atoms with Crippen LogP contribution in [0.15, 0.2) is 59.6 Å². The van der Waals surface area contributed by atoms with Gasteiger partial charge in [0.25, 0.3) is 5.69 Å². The van der Waals surface area contributed by atoms with Crippen molar-refractivity contribution in [3.05, 3.63) is 75.8 Å². The summed E-state index contributed by atoms with van der Waals surface area (Å²) >= 11 is 0. The number of nitro benzene ring substituents is 1. The number of nitrogens with zero attached hydrogens (tertiary/aromatic N) is 2. The van der Waals surface area contributed by atoms with Crippen LogP contribution < -0.4 is 10.6 Å². The predicted molar refractivity (Wildman–Crippen MR) is 96.2 cm³/mol. The highest BCUT2D eigenvalue weighted by Crippen LogP contribution is 2.14. The molecule has 0 saturated carbocycles. The van der Waals surface area contributed by atoms with E-state index in [-0.39, 0.29) is 5.69 Å². The molecule has 2 aromatic rings. The van der Waals surface area contributed by atoms with Crippen molar-refractivity contribution in [2.24, 2.45) is 4.99 Å². The molecule has 2 aromatic carbocycles. The Morgan fingerprint density at radius 1 is 1.17 bits per heavy atom. The summed E-state index contributed by atoms with van der Waals surface area (Å²) in [4.78, 5) is 14.6. The number of nitro groups is 1. The molecule has 0 spiro atoms. The van der Waals surface area contributed by atoms with Gasteiger partial charge in [0.2, 0.25) is 0 Å². The first-order valence-corrected chi connectivity index (χ1v) is 7.83. The van der Waals surface area contributed by atoms with Gasteiger partial charge in [-0.2, -0.15) is 0 Å². The Balaban J connectivity index is 1.87. The van der Waals surface area contributed by atoms with E-state index in [4.69, 9.17) is 0 Å². The monoisotopic (exact) mass is 326 g/mol. The second kappa shape index (κ2) is 8.67. The fourth-order valence-electron chi connectivity index (χ4n) is 2.34. The number of benzene rings is 2. The molecule has 0 aliphatic carbocycles. The summed E-state index contributed by atoms with van der Waals surface area (Å²) in [6, 6.07) is 16.8. The molecular formula is C18H22N4O2. The van der Waals surface area contributed by atoms with E-state index in [0.29, 0.717) is 18.4 Å². The Morgan fingerprint density at radius 3 is 2.58 bits per heavy atom. The van der Waals surface area contributed by atoms with E-state index in [0.717, 1.165) is 12.1 Å². The minimum atomic E-state index is -0.391. The first kappa shape index (κ1) is 17.5. The summed E-state index contributed by atoms with van der Waals surface area (Å²) in [5.74, 6) is 1.02. The molecule has 0 aliphatic rings. The molecular weight excluding hydrogens is 304 g/mol. The van der Waals surface area contributed by atoms with Crippen molar-refractivity contribution >= 4 is 11.6 Å². The third-order valence-corrected chi connectivity index (χ3v) is 3.75. The van der Waals surface area contributed by atoms with Crippen LogP contribution in [0.5, 0.6) is 0 Å². The predicted octanol–water partition coefficient (Wildman–Crippen LogP) is 3.06. The van der Waals surface area contributed by atoms with Gasteiger partial charge in [-0.1, -0.05) is 49.4 Å². The summed E-state index contributed by atoms with van der Waals surface area (Å²) in [7, 11) is 1.70. The maximum Gasteiger partial charge on any atom is 0.269 e. The average Bonchev–Trinajstić information content (AvgIpc) is 2.62. The number of non-ortho nitro benzene ring substituents is 1. The van der Waals surface area contributed by atoms with Gasteiger partial charge in [-0.05, 0) is 17.0 Å². The quantitative estimate of drug-likeness (QED) is 0.370. The van der Waals surface area contributed by atoms with Gasteiger partial charge < -0.3 is 10.6 Å². The van der Waals surface area contributed by atoms with Gasteiger partial charge in [0.1, 0.15) is 0 Å². The van der Waals surface area contributed by atoms with E-state index in [1.54, 1.807) is 19.2 Å². The summed E-state index contributed by atoms with van der Waals surface area (Å²) in [5, 5.41) is 17.3. The zero-order valence-corrected chi connectivity index (χ0v) is 13.9. The standard InChI is InChI=1S/C18H22N4O2/c1-14(16-8-4-3-5-9-16)12-20-18(19-2)21-13-15-7-6-10-17(11-15)22(23)24/h3-11,14H,12-13H2,1-2H3,(H2,19,20,21). The molecule has 0 amide bonds. The van der Waals surface area contributed by atoms with Crippen LogP contribution >= 0.6 is 0 Å². The summed E-state index contributed by atoms with van der Waals surface area (Å²) < 4.78 is 0. The Hall–Kier alpha value is -2.89. The van der Waals surface area contributed by atoms with Gasteiger partial charge in [-0.3, -0.25) is 15.1 Å². The third-order valence-electron chi connectivity index (χ3n) is 3.75. The Labute approximate surface area is 141 Å². The van der Waals surface area contributed by atoms with Crippen LogP contribution in [-0.4, -0.2) is 24.5 Å². The maximum atomic E-state index is 10.8. The molecule has 6 nitrogen and oxygen atoms in total. The molecule has 2 N–H and O–H groups in total. The Kier molecular flexibility index (Phi) is 6.31. The molecule has 0 bridgehead atoms. The van der Waals surface area contributed by atoms with E-state index in [2.05, 4.69) is 34.7 Å². The van der Waals surface area contributed by atoms with E-state index in [9.17, 15) is 10.1 Å². The van der Waals surface area contributed by atoms with Crippen LogP contribution in [0.3, 0.4) is 0 Å². The number of aliphatic imine (C=N–C) groups is 1. The highest BCUT2D eigenvalue weighted by atomic mass is 16.6. The lowest BCUT2D eigenvalue weighted by molar-refractivity contribution is -0.384. The molecule has 2 rings (SSSR count). The van der Waals surface area contributed by atoms with Crippen LogP contribution in [0.4, 0.5) is 5.69 Å². The number of guanidine groups is 1. The largest absolute Gasteiger partial charge is 0.356 e. The molecule has 24 heavy (non-hydrogen) atoms. The molecule has 0 aromatic heterocycles. The average molecular weight is 326 g/mol. The van der Waals surface area contributed by atoms with Crippen LogP contribution in [0.1, 0.15) is 24.0 Å². The summed E-state index contributed by atoms with van der Waals surface area (Å²) in [6.45, 7) is 3.37. The van der Waals surface area contributed by atoms with E-state index in [1.165, 1.54) is 11.6 Å². The highest BCUT2D eigenvalue weighted by molar-refractivity contribution is 5.79. The second-order valence-corrected chi connectivity index (χ2v) is 5.55. The molecule has 0 heterocycles. The lowest BCUT2D eigenvalue weighted by Gasteiger charge is -2.16. The van der Waals surface area contributed by atoms with Gasteiger partial charge >= 0.3 is 0 Å². The van der Waals surface area contributed by atoms with Crippen LogP contribution in [0, 0.1) is 10.1 Å². The summed E-state index contributed by atoms with van der Waals surface area (Å²) in [6.07, 6.45) is 0. The van der Waals surface area contributed by atoms with E-state index in [1.807, 2.05) is 24.3 Å². The Morgan fingerprint density at radius 2 is 1.92 bits per heavy atom. The SMILES string of the molecule is CN=C(NCc1cccc([N+](=O)[O-])c1)NCC(C)c1ccccc1. The van der Waals surface area contributed by atoms with Gasteiger partial charge in [-0.15, -0.1) is 0 Å². The fourth-order valence-corrected chi connectivity index (χ4v) is 2.34. The van der Waals surface area contributed by atoms with Crippen molar-refractivity contribution in [1.82, 2.24) is 10.6 Å². The van der Waals surface area contributed by atoms with Crippen molar-refractivity contribution in [3.8, 4) is 0 Å². The number of hydrogen-bond donors (Lipinski definition) is 2. The van der Waals surface area contributed by atoms with E-state index >= 15 is 0 Å². The first-order chi connectivity index (χ1) is 11.6. The zero-order valence-electron chi connectivity index (χ0n) is 13.9. The second-order valence-electron chi connectivity index (χ2n) is 5.55. The van der Waals surface area contributed by atoms with Crippen LogP contribution in [0.25, 0.3) is 0 Å². The summed E-state index contributed by atoms with van der Waals surface area (Å²) in [5.41, 5.74) is 2.19. The Bertz CT molecular complexity index is 701. The van der Waals surface area contributed by atoms with Gasteiger partial charge in [0.15, 0.2) is 5.96 Å². The minimum absolute atomic E-state index is 0.0925. The number of hydrogen-bond acceptors (Lipinski definition) is 3. The van der Waals surface area contributed by atoms with Crippen molar-refractivity contribution in [2.45, 2.75) is 19.4 Å². The first-order valence-electron chi connectivity index (χ1n) is 7.83. The van der Waals surface area contributed by atoms with Crippen molar-refractivity contribution in [1.29, 1.82) is 0 Å². The molecule has 0 fully saturated rings. The lowest BCUT2D eigenvalue weighted by atomic mass is 10.0. The zero-order chi connectivity index (χ0) is 17.4. The third kappa shape index (κ3) is 5.08. The normalized spacial score (nSPS) is 12.5. The highest BCUT2D eigenvalue weighted by Gasteiger charge is 2.08. The van der Waals surface area contributed by atoms with Gasteiger partial charge in [0, 0.05) is 32.3 Å². The smallest absolute Gasteiger partial charge is 0.269 e. The lowest BCUT2D eigenvalue weighted by Crippen LogP contribution is -2.38. The molecule has 6 heteroatoms. The van der Waals surface area contributed by atoms with E-state index < -0.39 is 4.92 Å². The van der Waals surface area contributed by atoms with Gasteiger partial charge in [0.05, 0.1) is 4.92 Å². The van der Waals surface area contributed by atoms with Crippen molar-refractivity contribution < 1.29 is 4.92 Å². The fraction of sp³-hybridized carbons (Fsp3) is 0.278. The molecule has 126 valence electrons. The number of nitrogens with one attached hydrogen (secondary N) is 2. The molecule has 0 saturated heterocycles. The minimum Gasteiger partial charge on any atom is -0.356 e. The van der Waals surface area contributed by atoms with Gasteiger partial charge in [-0.25, -0.2) is 0 Å². The molecule has 1 atom stereocenters. The molecule has 0 aliphatic heterocycles. The molecule has 0 radical (unpaired) electrons. The molecule has 1 unspecified atom stereocenters. The topological polar surface area (TPSA) is 79.6 Å². The van der Waals surface area contributed by atoms with Crippen LogP contribution in [-0.2, 0) is 6.54 Å².